The number of carbonyl (C=O) groups excluding carboxylic acids is 7. The Morgan fingerprint density at radius 3 is 1.95 bits per heavy atom. The number of hydrogen-bond donors (Lipinski definition) is 7. The Morgan fingerprint density at radius 1 is 0.719 bits per heavy atom. The minimum Gasteiger partial charge on any atom is -0.482 e. The van der Waals surface area contributed by atoms with Crippen LogP contribution in [0.25, 0.3) is 6.08 Å². The van der Waals surface area contributed by atoms with E-state index < -0.39 is 143 Å². The Kier molecular flexibility index (Phi) is 20.8. The minimum atomic E-state index is -2.01. The number of esters is 3. The molecule has 4 aromatic carbocycles. The lowest BCUT2D eigenvalue weighted by molar-refractivity contribution is -0.277. The number of rotatable bonds is 24. The Balaban J connectivity index is 1.06. The maximum atomic E-state index is 17.0. The van der Waals surface area contributed by atoms with Gasteiger partial charge in [0, 0.05) is 41.0 Å². The number of allylic oxidation sites excluding steroid dienone is 4. The second-order valence-corrected chi connectivity index (χ2v) is 27.2. The van der Waals surface area contributed by atoms with Crippen LogP contribution in [0.15, 0.2) is 126 Å². The maximum absolute atomic E-state index is 17.0. The highest BCUT2D eigenvalue weighted by molar-refractivity contribution is 6.11. The van der Waals surface area contributed by atoms with E-state index in [1.807, 2.05) is 121 Å². The molecular formula is C74H87N3O19. The molecule has 2 amide bonds. The average Bonchev–Trinajstić information content (AvgIpc) is 1.42. The number of fused-ring (bicyclic) bond motifs is 2. The lowest BCUT2D eigenvalue weighted by Crippen LogP contribution is -2.82. The smallest absolute Gasteiger partial charge is 0.333 e. The van der Waals surface area contributed by atoms with Crippen LogP contribution >= 0.6 is 0 Å². The Labute approximate surface area is 558 Å². The van der Waals surface area contributed by atoms with Crippen molar-refractivity contribution < 1.29 is 91.9 Å². The van der Waals surface area contributed by atoms with E-state index in [4.69, 9.17) is 37.9 Å². The number of Topliss-reactive ketones (excluding diaryl/α,β-unsaturated/α-hetero) is 2. The lowest BCUT2D eigenvalue weighted by atomic mass is 9.45. The summed E-state index contributed by atoms with van der Waals surface area (Å²) in [5.74, 6) is -7.90. The van der Waals surface area contributed by atoms with Crippen LogP contribution in [0.5, 0.6) is 23.0 Å². The van der Waals surface area contributed by atoms with Gasteiger partial charge in [0.05, 0.1) is 23.7 Å². The zero-order chi connectivity index (χ0) is 69.3. The van der Waals surface area contributed by atoms with Gasteiger partial charge in [-0.1, -0.05) is 90.0 Å². The largest absolute Gasteiger partial charge is 0.482 e. The summed E-state index contributed by atoms with van der Waals surface area (Å²) in [6.07, 6.45) is 2.53. The van der Waals surface area contributed by atoms with Gasteiger partial charge in [-0.15, -0.1) is 0 Å². The van der Waals surface area contributed by atoms with Crippen molar-refractivity contribution in [1.29, 1.82) is 0 Å². The summed E-state index contributed by atoms with van der Waals surface area (Å²) in [5, 5.41) is 49.6. The van der Waals surface area contributed by atoms with Crippen LogP contribution in [0.2, 0.25) is 0 Å². The predicted octanol–water partition coefficient (Wildman–Crippen LogP) is 7.38. The molecule has 3 saturated carbocycles. The third-order valence-corrected chi connectivity index (χ3v) is 19.2. The second-order valence-electron chi connectivity index (χ2n) is 27.2. The minimum absolute atomic E-state index is 0.0147. The molecule has 4 aromatic rings. The molecule has 11 rings (SSSR count). The Hall–Kier alpha value is -8.35. The van der Waals surface area contributed by atoms with E-state index >= 15 is 9.59 Å². The zero-order valence-corrected chi connectivity index (χ0v) is 56.0. The highest BCUT2D eigenvalue weighted by Crippen LogP contribution is 2.70. The van der Waals surface area contributed by atoms with E-state index in [1.165, 1.54) is 45.0 Å². The van der Waals surface area contributed by atoms with Crippen LogP contribution in [0.4, 0.5) is 0 Å². The highest BCUT2D eigenvalue weighted by atomic mass is 16.7. The van der Waals surface area contributed by atoms with Crippen LogP contribution in [0.1, 0.15) is 145 Å². The fraction of sp³-hybridized carbons (Fsp3) is 0.473. The predicted molar refractivity (Wildman–Crippen MR) is 350 cm³/mol. The molecule has 512 valence electrons. The number of aliphatic hydroxyl groups excluding tert-OH is 4. The molecule has 1 spiro atoms. The molecule has 96 heavy (non-hydrogen) atoms. The van der Waals surface area contributed by atoms with E-state index in [2.05, 4.69) is 22.0 Å². The van der Waals surface area contributed by atoms with Gasteiger partial charge in [0.2, 0.25) is 12.2 Å². The molecule has 2 saturated heterocycles. The number of ketones is 2. The van der Waals surface area contributed by atoms with Gasteiger partial charge in [-0.3, -0.25) is 24.0 Å². The van der Waals surface area contributed by atoms with E-state index in [1.54, 1.807) is 19.1 Å². The maximum Gasteiger partial charge on any atom is 0.333 e. The Bertz CT molecular complexity index is 3760. The first kappa shape index (κ1) is 70.5. The number of ether oxygens (including phenoxy) is 8. The first-order valence-corrected chi connectivity index (χ1v) is 32.6. The number of nitrogens with one attached hydrogen (secondary N) is 3. The molecule has 7 aliphatic rings. The first-order valence-electron chi connectivity index (χ1n) is 32.6. The van der Waals surface area contributed by atoms with Crippen molar-refractivity contribution >= 4 is 47.4 Å². The van der Waals surface area contributed by atoms with Gasteiger partial charge in [0.15, 0.2) is 28.5 Å². The van der Waals surface area contributed by atoms with Gasteiger partial charge in [-0.25, -0.2) is 9.59 Å². The van der Waals surface area contributed by atoms with Crippen LogP contribution in [0.3, 0.4) is 0 Å². The molecule has 4 aliphatic heterocycles. The highest BCUT2D eigenvalue weighted by Gasteiger charge is 2.85. The molecule has 4 bridgehead atoms. The number of benzene rings is 4. The monoisotopic (exact) mass is 1320 g/mol. The molecule has 10 unspecified atom stereocenters. The van der Waals surface area contributed by atoms with Crippen LogP contribution in [-0.4, -0.2) is 146 Å². The summed E-state index contributed by atoms with van der Waals surface area (Å²) in [5.41, 5.74) is -2.01. The molecule has 3 aliphatic carbocycles. The van der Waals surface area contributed by atoms with E-state index in [-0.39, 0.29) is 77.7 Å². The SMILES string of the molecule is CC(C)=CCCC1(C)C=Cc2c(c(CC=C(C)C)c3c(c2OC(=O)C(C)NC(=O)c2ccc(O[C@@H]4O[C@H](CO)[C@@H](O)[C@@H](O)[C@H]4O)cc2)C(=O)C2C(NC(C)C(=O)OCc4ccccc4)C4CC5C(C)(C)OC(CC=C(C)C(=O)NC(C)C(=O)OCc6ccccc6)(C4=O)C25O3)O1. The van der Waals surface area contributed by atoms with E-state index in [0.29, 0.717) is 18.4 Å². The van der Waals surface area contributed by atoms with Gasteiger partial charge in [-0.05, 0) is 149 Å². The molecule has 4 heterocycles. The van der Waals surface area contributed by atoms with E-state index in [0.717, 1.165) is 22.3 Å². The van der Waals surface area contributed by atoms with Crippen molar-refractivity contribution in [2.24, 2.45) is 17.8 Å². The molecule has 0 radical (unpaired) electrons. The summed E-state index contributed by atoms with van der Waals surface area (Å²) in [6.45, 7) is 18.7. The number of hydrogen-bond acceptors (Lipinski definition) is 20. The number of aliphatic hydroxyl groups is 4. The Morgan fingerprint density at radius 2 is 1.33 bits per heavy atom. The summed E-state index contributed by atoms with van der Waals surface area (Å²) < 4.78 is 51.3. The third-order valence-electron chi connectivity index (χ3n) is 19.2. The summed E-state index contributed by atoms with van der Waals surface area (Å²) in [7, 11) is 0. The summed E-state index contributed by atoms with van der Waals surface area (Å²) in [4.78, 5) is 104. The van der Waals surface area contributed by atoms with Crippen molar-refractivity contribution in [2.45, 2.75) is 199 Å². The van der Waals surface area contributed by atoms with Crippen molar-refractivity contribution in [3.8, 4) is 23.0 Å². The molecule has 7 N–H and O–H groups in total. The van der Waals surface area contributed by atoms with Crippen molar-refractivity contribution in [2.75, 3.05) is 6.61 Å². The molecular weight excluding hydrogens is 1230 g/mol. The molecule has 22 nitrogen and oxygen atoms in total. The number of amides is 2. The fourth-order valence-electron chi connectivity index (χ4n) is 14.1. The normalized spacial score (nSPS) is 28.2. The molecule has 22 heteroatoms. The van der Waals surface area contributed by atoms with E-state index in [9.17, 15) is 44.4 Å². The van der Waals surface area contributed by atoms with Crippen LogP contribution < -0.4 is 34.9 Å². The van der Waals surface area contributed by atoms with Crippen LogP contribution in [0, 0.1) is 17.8 Å². The van der Waals surface area contributed by atoms with Crippen molar-refractivity contribution in [1.82, 2.24) is 16.0 Å². The first-order chi connectivity index (χ1) is 45.5. The van der Waals surface area contributed by atoms with Crippen molar-refractivity contribution in [3.05, 3.63) is 159 Å². The quantitative estimate of drug-likeness (QED) is 0.0156. The number of carbonyl (C=O) groups is 7. The molecule has 5 fully saturated rings. The lowest BCUT2D eigenvalue weighted by Gasteiger charge is -2.63. The standard InChI is InChI=1S/C74H87N3O19/c1-39(2)19-18-32-72(11)33-31-50-61(94-72)49(29-24-40(3)4)63-54(62(50)93-69(88)44(8)77-66(85)47-25-27-48(28-26-47)91-70-60(82)59(81)57(79)52(36-78)92-70)58(80)55-56(75-42(6)67(86)89-37-45-20-14-12-15-21-45)51-35-53-71(9,10)96-73(64(51)83,74(53,55)95-63)34-30-41(5)65(84)76-43(7)68(87)90-38-46-22-16-13-17-23-46/h12-17,19-28,30-31,33,42-44,51-53,55-57,59-60,70,75,78-79,81-82H,18,29,32,34-38H2,1-11H3,(H,76,84)(H,77,85)/t42?,43?,44?,51?,52-,53?,55?,56?,57-,59-,60-,70-,72?,73?,74?/m1/s1. The van der Waals surface area contributed by atoms with Gasteiger partial charge >= 0.3 is 17.9 Å². The zero-order valence-electron chi connectivity index (χ0n) is 56.0. The molecule has 0 aromatic heterocycles. The van der Waals surface area contributed by atoms with Crippen LogP contribution in [-0.2, 0) is 62.6 Å². The van der Waals surface area contributed by atoms with Gasteiger partial charge in [-0.2, -0.15) is 0 Å². The average molecular weight is 1320 g/mol. The summed E-state index contributed by atoms with van der Waals surface area (Å²) >= 11 is 0. The van der Waals surface area contributed by atoms with Gasteiger partial charge in [0.1, 0.15) is 84.2 Å². The fourth-order valence-corrected chi connectivity index (χ4v) is 14.1. The third kappa shape index (κ3) is 13.8. The second kappa shape index (κ2) is 28.4. The van der Waals surface area contributed by atoms with Crippen molar-refractivity contribution in [3.63, 3.8) is 0 Å². The van der Waals surface area contributed by atoms with Gasteiger partial charge < -0.3 is 74.3 Å². The molecule has 15 atom stereocenters. The summed E-state index contributed by atoms with van der Waals surface area (Å²) in [6, 6.07) is 18.9. The van der Waals surface area contributed by atoms with Gasteiger partial charge in [0.25, 0.3) is 5.91 Å². The topological polar surface area (TPSA) is 310 Å².